The van der Waals surface area contributed by atoms with Gasteiger partial charge in [-0.1, -0.05) is 34.8 Å². The van der Waals surface area contributed by atoms with Gasteiger partial charge >= 0.3 is 0 Å². The molecule has 22 heavy (non-hydrogen) atoms. The average molecular weight is 364 g/mol. The first kappa shape index (κ1) is 16.3. The lowest BCUT2D eigenvalue weighted by atomic mass is 10.3. The quantitative estimate of drug-likeness (QED) is 0.708. The summed E-state index contributed by atoms with van der Waals surface area (Å²) in [7, 11) is 0. The van der Waals surface area contributed by atoms with Gasteiger partial charge in [-0.3, -0.25) is 10.1 Å². The molecule has 2 rings (SSSR count). The predicted octanol–water partition coefficient (Wildman–Crippen LogP) is 2.01. The van der Waals surface area contributed by atoms with Crippen molar-refractivity contribution in [1.29, 1.82) is 0 Å². The van der Waals surface area contributed by atoms with Crippen LogP contribution in [0.15, 0.2) is 12.1 Å². The van der Waals surface area contributed by atoms with E-state index < -0.39 is 5.91 Å². The number of hydrogen-bond acceptors (Lipinski definition) is 7. The number of rotatable bonds is 4. The summed E-state index contributed by atoms with van der Waals surface area (Å²) >= 11 is 17.5. The van der Waals surface area contributed by atoms with Crippen LogP contribution >= 0.6 is 34.8 Å². The van der Waals surface area contributed by atoms with E-state index in [1.165, 1.54) is 12.1 Å². The van der Waals surface area contributed by atoms with E-state index in [0.717, 1.165) is 0 Å². The first-order chi connectivity index (χ1) is 10.3. The number of aromatic nitrogens is 3. The van der Waals surface area contributed by atoms with Gasteiger partial charge in [-0.05, 0) is 6.07 Å². The summed E-state index contributed by atoms with van der Waals surface area (Å²) in [6.45, 7) is -0.358. The zero-order chi connectivity index (χ0) is 16.3. The summed E-state index contributed by atoms with van der Waals surface area (Å²) in [4.78, 5) is 22.7. The zero-order valence-electron chi connectivity index (χ0n) is 10.8. The molecule has 2 aromatic rings. The number of benzene rings is 1. The van der Waals surface area contributed by atoms with Crippen LogP contribution < -0.4 is 21.5 Å². The lowest BCUT2D eigenvalue weighted by molar-refractivity contribution is -0.118. The smallest absolute Gasteiger partial charge is 0.264 e. The van der Waals surface area contributed by atoms with Crippen molar-refractivity contribution in [2.45, 2.75) is 0 Å². The van der Waals surface area contributed by atoms with Crippen LogP contribution in [0.4, 0.5) is 17.8 Å². The van der Waals surface area contributed by atoms with Gasteiger partial charge in [-0.2, -0.15) is 15.0 Å². The lowest BCUT2D eigenvalue weighted by Gasteiger charge is -2.09. The SMILES string of the molecule is Nc1nc(N)nc(NC(=O)COc2cc(Cl)c(Cl)cc2Cl)n1. The van der Waals surface area contributed by atoms with E-state index in [1.807, 2.05) is 0 Å². The van der Waals surface area contributed by atoms with E-state index in [1.54, 1.807) is 0 Å². The Morgan fingerprint density at radius 3 is 2.27 bits per heavy atom. The van der Waals surface area contributed by atoms with Gasteiger partial charge in [-0.25, -0.2) is 0 Å². The number of nitrogens with two attached hydrogens (primary N) is 2. The topological polar surface area (TPSA) is 129 Å². The fourth-order valence-corrected chi connectivity index (χ4v) is 1.98. The second-order valence-electron chi connectivity index (χ2n) is 3.91. The van der Waals surface area contributed by atoms with Gasteiger partial charge < -0.3 is 16.2 Å². The normalized spacial score (nSPS) is 10.3. The Hall–Kier alpha value is -2.03. The highest BCUT2D eigenvalue weighted by Crippen LogP contribution is 2.33. The number of anilines is 3. The average Bonchev–Trinajstić information content (AvgIpc) is 2.40. The highest BCUT2D eigenvalue weighted by Gasteiger charge is 2.11. The minimum absolute atomic E-state index is 0.0844. The number of ether oxygens (including phenoxy) is 1. The summed E-state index contributed by atoms with van der Waals surface area (Å²) in [5.41, 5.74) is 10.8. The largest absolute Gasteiger partial charge is 0.482 e. The van der Waals surface area contributed by atoms with Crippen molar-refractivity contribution < 1.29 is 9.53 Å². The van der Waals surface area contributed by atoms with Crippen LogP contribution in [-0.4, -0.2) is 27.5 Å². The van der Waals surface area contributed by atoms with Crippen molar-refractivity contribution in [3.05, 3.63) is 27.2 Å². The molecule has 0 atom stereocenters. The Balaban J connectivity index is 2.00. The van der Waals surface area contributed by atoms with E-state index in [0.29, 0.717) is 0 Å². The molecule has 1 aromatic heterocycles. The summed E-state index contributed by atoms with van der Waals surface area (Å²) in [6.07, 6.45) is 0. The van der Waals surface area contributed by atoms with E-state index in [2.05, 4.69) is 20.3 Å². The van der Waals surface area contributed by atoms with Gasteiger partial charge in [0, 0.05) is 6.07 Å². The molecule has 0 aliphatic heterocycles. The molecule has 0 saturated carbocycles. The molecule has 0 bridgehead atoms. The predicted molar refractivity (Wildman–Crippen MR) is 84.2 cm³/mol. The molecule has 1 amide bonds. The summed E-state index contributed by atoms with van der Waals surface area (Å²) in [6, 6.07) is 2.81. The Labute approximate surface area is 139 Å². The number of carbonyl (C=O) groups excluding carboxylic acids is 1. The van der Waals surface area contributed by atoms with Crippen LogP contribution in [0.1, 0.15) is 0 Å². The first-order valence-electron chi connectivity index (χ1n) is 5.69. The Morgan fingerprint density at radius 2 is 1.64 bits per heavy atom. The Kier molecular flexibility index (Phi) is 5.07. The molecule has 0 unspecified atom stereocenters. The van der Waals surface area contributed by atoms with Crippen molar-refractivity contribution in [2.24, 2.45) is 0 Å². The minimum Gasteiger partial charge on any atom is -0.482 e. The van der Waals surface area contributed by atoms with Gasteiger partial charge in [0.05, 0.1) is 15.1 Å². The summed E-state index contributed by atoms with van der Waals surface area (Å²) < 4.78 is 5.25. The van der Waals surface area contributed by atoms with Crippen LogP contribution in [-0.2, 0) is 4.79 Å². The fourth-order valence-electron chi connectivity index (χ4n) is 1.38. The molecule has 1 heterocycles. The van der Waals surface area contributed by atoms with Gasteiger partial charge in [-0.15, -0.1) is 0 Å². The van der Waals surface area contributed by atoms with Crippen molar-refractivity contribution in [1.82, 2.24) is 15.0 Å². The van der Waals surface area contributed by atoms with E-state index in [9.17, 15) is 4.79 Å². The van der Waals surface area contributed by atoms with Crippen LogP contribution in [0.5, 0.6) is 5.75 Å². The number of nitrogen functional groups attached to an aromatic ring is 2. The third-order valence-electron chi connectivity index (χ3n) is 2.25. The van der Waals surface area contributed by atoms with Crippen LogP contribution in [0.3, 0.4) is 0 Å². The van der Waals surface area contributed by atoms with Crippen LogP contribution in [0, 0.1) is 0 Å². The maximum Gasteiger partial charge on any atom is 0.264 e. The minimum atomic E-state index is -0.549. The molecule has 0 fully saturated rings. The maximum absolute atomic E-state index is 11.8. The molecule has 1 aromatic carbocycles. The van der Waals surface area contributed by atoms with Crippen molar-refractivity contribution in [3.8, 4) is 5.75 Å². The molecule has 0 aliphatic carbocycles. The van der Waals surface area contributed by atoms with Gasteiger partial charge in [0.1, 0.15) is 5.75 Å². The number of carbonyl (C=O) groups is 1. The molecule has 5 N–H and O–H groups in total. The molecule has 0 spiro atoms. The maximum atomic E-state index is 11.8. The molecule has 0 radical (unpaired) electrons. The zero-order valence-corrected chi connectivity index (χ0v) is 13.1. The molecule has 11 heteroatoms. The van der Waals surface area contributed by atoms with Crippen LogP contribution in [0.2, 0.25) is 15.1 Å². The molecule has 116 valence electrons. The standard InChI is InChI=1S/C11H9Cl3N6O2/c12-4-1-6(14)7(2-5(4)13)22-3-8(21)17-11-19-9(15)18-10(16)20-11/h1-2H,3H2,(H5,15,16,17,18,19,20,21). The van der Waals surface area contributed by atoms with Gasteiger partial charge in [0.15, 0.2) is 6.61 Å². The van der Waals surface area contributed by atoms with Gasteiger partial charge in [0.25, 0.3) is 5.91 Å². The fraction of sp³-hybridized carbons (Fsp3) is 0.0909. The first-order valence-corrected chi connectivity index (χ1v) is 6.83. The molecular formula is C11H9Cl3N6O2. The van der Waals surface area contributed by atoms with Gasteiger partial charge in [0.2, 0.25) is 17.8 Å². The third kappa shape index (κ3) is 4.23. The highest BCUT2D eigenvalue weighted by atomic mass is 35.5. The number of amides is 1. The lowest BCUT2D eigenvalue weighted by Crippen LogP contribution is -2.22. The van der Waals surface area contributed by atoms with Crippen molar-refractivity contribution in [3.63, 3.8) is 0 Å². The number of hydrogen-bond donors (Lipinski definition) is 3. The Morgan fingerprint density at radius 1 is 1.05 bits per heavy atom. The van der Waals surface area contributed by atoms with Crippen LogP contribution in [0.25, 0.3) is 0 Å². The van der Waals surface area contributed by atoms with E-state index in [-0.39, 0.29) is 45.3 Å². The molecule has 8 nitrogen and oxygen atoms in total. The highest BCUT2D eigenvalue weighted by molar-refractivity contribution is 6.43. The summed E-state index contributed by atoms with van der Waals surface area (Å²) in [5.74, 6) is -0.653. The summed E-state index contributed by atoms with van der Waals surface area (Å²) in [5, 5.41) is 3.10. The van der Waals surface area contributed by atoms with E-state index >= 15 is 0 Å². The number of halogens is 3. The second kappa shape index (κ2) is 6.82. The molecular weight excluding hydrogens is 355 g/mol. The Bertz CT molecular complexity index is 707. The van der Waals surface area contributed by atoms with Crippen molar-refractivity contribution in [2.75, 3.05) is 23.4 Å². The molecule has 0 aliphatic rings. The monoisotopic (exact) mass is 362 g/mol. The number of nitrogens with one attached hydrogen (secondary N) is 1. The second-order valence-corrected chi connectivity index (χ2v) is 5.13. The molecule has 0 saturated heterocycles. The van der Waals surface area contributed by atoms with E-state index in [4.69, 9.17) is 51.0 Å². The van der Waals surface area contributed by atoms with Crippen molar-refractivity contribution >= 4 is 58.6 Å². The third-order valence-corrected chi connectivity index (χ3v) is 3.27. The number of nitrogens with zero attached hydrogens (tertiary/aromatic N) is 3.